The Hall–Kier alpha value is -1.84. The molecule has 0 heterocycles. The third-order valence-electron chi connectivity index (χ3n) is 3.48. The minimum Gasteiger partial charge on any atom is -0.350 e. The number of carbonyl (C=O) groups is 2. The molecule has 0 spiro atoms. The zero-order valence-electron chi connectivity index (χ0n) is 12.7. The van der Waals surface area contributed by atoms with E-state index in [1.165, 1.54) is 0 Å². The summed E-state index contributed by atoms with van der Waals surface area (Å²) in [6.45, 7) is 1.84. The van der Waals surface area contributed by atoms with Crippen LogP contribution in [0, 0.1) is 0 Å². The molecule has 2 aromatic rings. The van der Waals surface area contributed by atoms with E-state index in [1.54, 1.807) is 42.5 Å². The highest BCUT2D eigenvalue weighted by atomic mass is 35.5. The molecule has 0 aromatic heterocycles. The van der Waals surface area contributed by atoms with Crippen molar-refractivity contribution >= 4 is 34.9 Å². The summed E-state index contributed by atoms with van der Waals surface area (Å²) in [6, 6.07) is 13.8. The Balaban J connectivity index is 1.88. The van der Waals surface area contributed by atoms with Crippen molar-refractivity contribution in [3.8, 4) is 0 Å². The van der Waals surface area contributed by atoms with Gasteiger partial charge < -0.3 is 5.32 Å². The summed E-state index contributed by atoms with van der Waals surface area (Å²) in [6.07, 6.45) is 0.320. The second-order valence-electron chi connectivity index (χ2n) is 5.24. The number of Topliss-reactive ketones (excluding diaryl/α,β-unsaturated/α-hetero) is 1. The molecule has 0 aliphatic heterocycles. The zero-order valence-corrected chi connectivity index (χ0v) is 14.2. The third kappa shape index (κ3) is 5.08. The molecule has 0 radical (unpaired) electrons. The van der Waals surface area contributed by atoms with Gasteiger partial charge in [-0.3, -0.25) is 9.59 Å². The van der Waals surface area contributed by atoms with E-state index in [2.05, 4.69) is 5.32 Å². The van der Waals surface area contributed by atoms with Crippen LogP contribution in [0.1, 0.15) is 41.7 Å². The van der Waals surface area contributed by atoms with E-state index in [0.717, 1.165) is 5.56 Å². The van der Waals surface area contributed by atoms with Crippen LogP contribution in [0.15, 0.2) is 48.5 Å². The van der Waals surface area contributed by atoms with E-state index in [4.69, 9.17) is 23.2 Å². The van der Waals surface area contributed by atoms with Crippen molar-refractivity contribution in [2.75, 3.05) is 0 Å². The highest BCUT2D eigenvalue weighted by Gasteiger charge is 2.14. The number of nitrogens with one attached hydrogen (secondary N) is 1. The molecule has 0 saturated heterocycles. The summed E-state index contributed by atoms with van der Waals surface area (Å²) in [4.78, 5) is 24.0. The van der Waals surface area contributed by atoms with E-state index in [9.17, 15) is 9.59 Å². The lowest BCUT2D eigenvalue weighted by molar-refractivity contribution is -0.121. The summed E-state index contributed by atoms with van der Waals surface area (Å²) >= 11 is 12.0. The van der Waals surface area contributed by atoms with Gasteiger partial charge in [0, 0.05) is 28.5 Å². The summed E-state index contributed by atoms with van der Waals surface area (Å²) in [7, 11) is 0. The van der Waals surface area contributed by atoms with Crippen LogP contribution < -0.4 is 5.32 Å². The fourth-order valence-electron chi connectivity index (χ4n) is 2.24. The second-order valence-corrected chi connectivity index (χ2v) is 6.09. The minimum absolute atomic E-state index is 0.0436. The van der Waals surface area contributed by atoms with Crippen molar-refractivity contribution in [3.05, 3.63) is 69.7 Å². The number of amides is 1. The molecule has 2 rings (SSSR count). The van der Waals surface area contributed by atoms with Crippen molar-refractivity contribution in [1.82, 2.24) is 5.32 Å². The predicted octanol–water partition coefficient (Wildman–Crippen LogP) is 4.83. The molecule has 3 nitrogen and oxygen atoms in total. The Morgan fingerprint density at radius 1 is 1.04 bits per heavy atom. The normalized spacial score (nSPS) is 11.8. The SMILES string of the molecule is C[C@@H](NC(=O)CCC(=O)c1ccccc1)c1ccc(Cl)cc1Cl. The first-order valence-corrected chi connectivity index (χ1v) is 8.05. The van der Waals surface area contributed by atoms with Gasteiger partial charge in [-0.1, -0.05) is 59.6 Å². The molecule has 1 amide bonds. The first-order chi connectivity index (χ1) is 11.0. The van der Waals surface area contributed by atoms with Crippen LogP contribution in [-0.4, -0.2) is 11.7 Å². The molecule has 23 heavy (non-hydrogen) atoms. The average molecular weight is 350 g/mol. The fraction of sp³-hybridized carbons (Fsp3) is 0.222. The lowest BCUT2D eigenvalue weighted by Gasteiger charge is -2.16. The molecule has 0 fully saturated rings. The maximum atomic E-state index is 12.0. The molecule has 0 aliphatic rings. The number of halogens is 2. The molecule has 0 aliphatic carbocycles. The second kappa shape index (κ2) is 8.14. The smallest absolute Gasteiger partial charge is 0.220 e. The Morgan fingerprint density at radius 2 is 1.74 bits per heavy atom. The molecule has 1 N–H and O–H groups in total. The molecule has 1 atom stereocenters. The fourth-order valence-corrected chi connectivity index (χ4v) is 2.81. The maximum Gasteiger partial charge on any atom is 0.220 e. The van der Waals surface area contributed by atoms with Gasteiger partial charge in [0.05, 0.1) is 6.04 Å². The van der Waals surface area contributed by atoms with Crippen LogP contribution >= 0.6 is 23.2 Å². The van der Waals surface area contributed by atoms with E-state index in [0.29, 0.717) is 15.6 Å². The predicted molar refractivity (Wildman–Crippen MR) is 93.0 cm³/mol. The van der Waals surface area contributed by atoms with Crippen molar-refractivity contribution in [2.24, 2.45) is 0 Å². The topological polar surface area (TPSA) is 46.2 Å². The van der Waals surface area contributed by atoms with Gasteiger partial charge >= 0.3 is 0 Å². The van der Waals surface area contributed by atoms with Crippen molar-refractivity contribution in [3.63, 3.8) is 0 Å². The van der Waals surface area contributed by atoms with E-state index >= 15 is 0 Å². The van der Waals surface area contributed by atoms with Gasteiger partial charge in [-0.25, -0.2) is 0 Å². The van der Waals surface area contributed by atoms with Crippen LogP contribution in [0.2, 0.25) is 10.0 Å². The molecule has 120 valence electrons. The number of benzene rings is 2. The molecule has 0 unspecified atom stereocenters. The first kappa shape index (κ1) is 17.5. The Kier molecular flexibility index (Phi) is 6.20. The van der Waals surface area contributed by atoms with Crippen LogP contribution in [0.25, 0.3) is 0 Å². The summed E-state index contributed by atoms with van der Waals surface area (Å²) < 4.78 is 0. The number of ketones is 1. The van der Waals surface area contributed by atoms with Gasteiger partial charge in [0.1, 0.15) is 0 Å². The van der Waals surface area contributed by atoms with Gasteiger partial charge in [-0.15, -0.1) is 0 Å². The Bertz CT molecular complexity index is 701. The number of rotatable bonds is 6. The lowest BCUT2D eigenvalue weighted by atomic mass is 10.1. The van der Waals surface area contributed by atoms with Gasteiger partial charge in [0.15, 0.2) is 5.78 Å². The molecular weight excluding hydrogens is 333 g/mol. The summed E-state index contributed by atoms with van der Waals surface area (Å²) in [5.41, 5.74) is 1.41. The van der Waals surface area contributed by atoms with Gasteiger partial charge in [0.25, 0.3) is 0 Å². The molecule has 2 aromatic carbocycles. The van der Waals surface area contributed by atoms with Gasteiger partial charge in [-0.2, -0.15) is 0 Å². The summed E-state index contributed by atoms with van der Waals surface area (Å²) in [5.74, 6) is -0.231. The standard InChI is InChI=1S/C18H17Cl2NO2/c1-12(15-8-7-14(19)11-16(15)20)21-18(23)10-9-17(22)13-5-3-2-4-6-13/h2-8,11-12H,9-10H2,1H3,(H,21,23)/t12-/m1/s1. The summed E-state index contributed by atoms with van der Waals surface area (Å²) in [5, 5.41) is 3.90. The van der Waals surface area contributed by atoms with Gasteiger partial charge in [-0.05, 0) is 24.6 Å². The van der Waals surface area contributed by atoms with Crippen molar-refractivity contribution < 1.29 is 9.59 Å². The van der Waals surface area contributed by atoms with Crippen molar-refractivity contribution in [1.29, 1.82) is 0 Å². The zero-order chi connectivity index (χ0) is 16.8. The molecule has 0 saturated carbocycles. The quantitative estimate of drug-likeness (QED) is 0.758. The van der Waals surface area contributed by atoms with Crippen molar-refractivity contribution in [2.45, 2.75) is 25.8 Å². The van der Waals surface area contributed by atoms with E-state index < -0.39 is 0 Å². The lowest BCUT2D eigenvalue weighted by Crippen LogP contribution is -2.27. The number of hydrogen-bond acceptors (Lipinski definition) is 2. The number of hydrogen-bond donors (Lipinski definition) is 1. The highest BCUT2D eigenvalue weighted by molar-refractivity contribution is 6.35. The van der Waals surface area contributed by atoms with Crippen LogP contribution in [0.4, 0.5) is 0 Å². The van der Waals surface area contributed by atoms with Crippen LogP contribution in [0.3, 0.4) is 0 Å². The van der Waals surface area contributed by atoms with E-state index in [-0.39, 0.29) is 30.6 Å². The number of carbonyl (C=O) groups excluding carboxylic acids is 2. The minimum atomic E-state index is -0.251. The highest BCUT2D eigenvalue weighted by Crippen LogP contribution is 2.26. The maximum absolute atomic E-state index is 12.0. The van der Waals surface area contributed by atoms with Gasteiger partial charge in [0.2, 0.25) is 5.91 Å². The van der Waals surface area contributed by atoms with Crippen LogP contribution in [0.5, 0.6) is 0 Å². The molecule has 0 bridgehead atoms. The monoisotopic (exact) mass is 349 g/mol. The largest absolute Gasteiger partial charge is 0.350 e. The average Bonchev–Trinajstić information content (AvgIpc) is 2.53. The molecule has 5 heteroatoms. The third-order valence-corrected chi connectivity index (χ3v) is 4.04. The Labute approximate surface area is 145 Å². The van der Waals surface area contributed by atoms with Crippen LogP contribution in [-0.2, 0) is 4.79 Å². The Morgan fingerprint density at radius 3 is 2.39 bits per heavy atom. The van der Waals surface area contributed by atoms with E-state index in [1.807, 2.05) is 13.0 Å². The first-order valence-electron chi connectivity index (χ1n) is 7.30. The molecular formula is C18H17Cl2NO2.